The molecule has 5 aromatic rings. The molecule has 3 amide bonds. The number of nitrogens with one attached hydrogen (secondary N) is 1. The van der Waals surface area contributed by atoms with E-state index in [1.165, 1.54) is 21.4 Å². The molecule has 0 radical (unpaired) electrons. The highest BCUT2D eigenvalue weighted by Crippen LogP contribution is 2.59. The number of amides is 3. The largest absolute Gasteiger partial charge is 0.444 e. The van der Waals surface area contributed by atoms with E-state index in [9.17, 15) is 19.2 Å². The van der Waals surface area contributed by atoms with Crippen molar-refractivity contribution < 1.29 is 33.4 Å². The lowest BCUT2D eigenvalue weighted by Gasteiger charge is -2.38. The van der Waals surface area contributed by atoms with E-state index in [4.69, 9.17) is 14.2 Å². The number of hydrogen-bond acceptors (Lipinski definition) is 7. The predicted octanol–water partition coefficient (Wildman–Crippen LogP) is 7.35. The number of carbonyl (C=O) groups is 4. The number of para-hydroxylation sites is 2. The van der Waals surface area contributed by atoms with Gasteiger partial charge in [0.2, 0.25) is 5.91 Å². The molecule has 1 saturated heterocycles. The SMILES string of the molecule is CNC(=O)[C@@H]1C[C@@]2(c3cn(C(=O)OCc4ccccc4)c4ccccc34)c3ccccc3N(C(=O)OCc3ccccc3)[C@H]2N1C(=O)OC(C)(C)C. The van der Waals surface area contributed by atoms with E-state index in [-0.39, 0.29) is 19.6 Å². The van der Waals surface area contributed by atoms with Crippen molar-refractivity contribution in [2.24, 2.45) is 0 Å². The first-order valence-electron chi connectivity index (χ1n) is 17.2. The van der Waals surface area contributed by atoms with Crippen molar-refractivity contribution in [2.45, 2.75) is 63.6 Å². The maximum atomic E-state index is 14.4. The Labute approximate surface area is 301 Å². The number of carbonyl (C=O) groups excluding carboxylic acids is 4. The van der Waals surface area contributed by atoms with Crippen molar-refractivity contribution in [1.82, 2.24) is 14.8 Å². The van der Waals surface area contributed by atoms with Gasteiger partial charge in [-0.05, 0) is 61.6 Å². The summed E-state index contributed by atoms with van der Waals surface area (Å²) in [6, 6.07) is 32.4. The number of hydrogen-bond donors (Lipinski definition) is 1. The molecule has 2 aliphatic heterocycles. The first-order chi connectivity index (χ1) is 25.0. The van der Waals surface area contributed by atoms with Crippen LogP contribution in [0.1, 0.15) is 49.4 Å². The molecular weight excluding hydrogens is 660 g/mol. The van der Waals surface area contributed by atoms with Crippen molar-refractivity contribution in [3.05, 3.63) is 138 Å². The molecule has 0 saturated carbocycles. The third-order valence-corrected chi connectivity index (χ3v) is 9.59. The molecule has 0 bridgehead atoms. The summed E-state index contributed by atoms with van der Waals surface area (Å²) in [7, 11) is 1.50. The minimum Gasteiger partial charge on any atom is -0.444 e. The van der Waals surface area contributed by atoms with Crippen LogP contribution >= 0.6 is 0 Å². The minimum absolute atomic E-state index is 0.0179. The third-order valence-electron chi connectivity index (χ3n) is 9.59. The molecule has 0 aliphatic carbocycles. The Morgan fingerprint density at radius 3 is 1.94 bits per heavy atom. The van der Waals surface area contributed by atoms with Crippen LogP contribution in [-0.4, -0.2) is 58.5 Å². The van der Waals surface area contributed by atoms with Gasteiger partial charge < -0.3 is 19.5 Å². The number of fused-ring (bicyclic) bond motifs is 4. The maximum Gasteiger partial charge on any atom is 0.418 e. The zero-order chi connectivity index (χ0) is 36.6. The van der Waals surface area contributed by atoms with E-state index < -0.39 is 47.4 Å². The Kier molecular flexibility index (Phi) is 8.95. The van der Waals surface area contributed by atoms with E-state index >= 15 is 0 Å². The molecule has 11 nitrogen and oxygen atoms in total. The van der Waals surface area contributed by atoms with Gasteiger partial charge in [-0.15, -0.1) is 0 Å². The molecule has 1 fully saturated rings. The fraction of sp³-hybridized carbons (Fsp3) is 0.268. The van der Waals surface area contributed by atoms with Gasteiger partial charge in [0, 0.05) is 18.6 Å². The zero-order valence-electron chi connectivity index (χ0n) is 29.4. The molecular formula is C41H40N4O7. The highest BCUT2D eigenvalue weighted by atomic mass is 16.6. The van der Waals surface area contributed by atoms with Crippen LogP contribution in [0.3, 0.4) is 0 Å². The molecule has 1 N–H and O–H groups in total. The summed E-state index contributed by atoms with van der Waals surface area (Å²) in [5.41, 5.74) is 1.88. The minimum atomic E-state index is -1.22. The van der Waals surface area contributed by atoms with Crippen molar-refractivity contribution >= 4 is 40.8 Å². The van der Waals surface area contributed by atoms with Gasteiger partial charge in [0.1, 0.15) is 31.0 Å². The molecule has 0 unspecified atom stereocenters. The summed E-state index contributed by atoms with van der Waals surface area (Å²) in [4.78, 5) is 59.3. The quantitative estimate of drug-likeness (QED) is 0.184. The highest BCUT2D eigenvalue weighted by Gasteiger charge is 2.67. The Morgan fingerprint density at radius 2 is 1.31 bits per heavy atom. The smallest absolute Gasteiger partial charge is 0.418 e. The molecule has 11 heteroatoms. The average molecular weight is 701 g/mol. The van der Waals surface area contributed by atoms with Crippen molar-refractivity contribution in [3.8, 4) is 0 Å². The molecule has 3 heterocycles. The Balaban J connectivity index is 1.41. The fourth-order valence-corrected chi connectivity index (χ4v) is 7.49. The summed E-state index contributed by atoms with van der Waals surface area (Å²) < 4.78 is 19.1. The summed E-state index contributed by atoms with van der Waals surface area (Å²) in [5, 5.41) is 3.41. The number of likely N-dealkylation sites (tertiary alicyclic amines) is 1. The number of aromatic nitrogens is 1. The highest BCUT2D eigenvalue weighted by molar-refractivity contribution is 6.00. The number of likely N-dealkylation sites (N-methyl/N-ethyl adjacent to an activating group) is 1. The fourth-order valence-electron chi connectivity index (χ4n) is 7.49. The van der Waals surface area contributed by atoms with Gasteiger partial charge in [-0.1, -0.05) is 97.1 Å². The second-order valence-corrected chi connectivity index (χ2v) is 14.0. The van der Waals surface area contributed by atoms with E-state index in [0.717, 1.165) is 11.1 Å². The maximum absolute atomic E-state index is 14.4. The average Bonchev–Trinajstić information content (AvgIpc) is 3.79. The van der Waals surface area contributed by atoms with Crippen LogP contribution in [0.15, 0.2) is 115 Å². The number of ether oxygens (including phenoxy) is 3. The predicted molar refractivity (Wildman–Crippen MR) is 195 cm³/mol. The van der Waals surface area contributed by atoms with E-state index in [1.54, 1.807) is 33.0 Å². The van der Waals surface area contributed by atoms with E-state index in [2.05, 4.69) is 5.32 Å². The molecule has 1 aromatic heterocycles. The number of benzene rings is 4. The summed E-state index contributed by atoms with van der Waals surface area (Å²) in [5.74, 6) is -0.430. The van der Waals surface area contributed by atoms with Gasteiger partial charge in [-0.2, -0.15) is 0 Å². The van der Waals surface area contributed by atoms with Crippen molar-refractivity contribution in [3.63, 3.8) is 0 Å². The van der Waals surface area contributed by atoms with Gasteiger partial charge in [0.15, 0.2) is 0 Å². The first-order valence-corrected chi connectivity index (χ1v) is 17.2. The second kappa shape index (κ2) is 13.6. The van der Waals surface area contributed by atoms with Crippen LogP contribution < -0.4 is 10.2 Å². The van der Waals surface area contributed by atoms with Crippen LogP contribution in [-0.2, 0) is 37.6 Å². The van der Waals surface area contributed by atoms with Gasteiger partial charge in [-0.25, -0.2) is 14.4 Å². The van der Waals surface area contributed by atoms with Crippen LogP contribution in [0.25, 0.3) is 10.9 Å². The second-order valence-electron chi connectivity index (χ2n) is 14.0. The molecule has 4 aromatic carbocycles. The standard InChI is InChI=1S/C41H40N4O7/c1-40(2,3)52-39(49)45-34(35(46)42-4)23-41(30-20-12-14-22-33(30)44(36(41)45)38(48)51-26-28-17-9-6-10-18-28)31-24-43(32-21-13-11-19-29(31)32)37(47)50-25-27-15-7-5-8-16-27/h5-22,24,34,36H,23,25-26H2,1-4H3,(H,42,46)/t34-,36-,41-/m0/s1. The summed E-state index contributed by atoms with van der Waals surface area (Å²) in [6.07, 6.45) is -1.42. The number of nitrogens with zero attached hydrogens (tertiary/aromatic N) is 3. The Hall–Kier alpha value is -6.10. The Morgan fingerprint density at radius 1 is 0.731 bits per heavy atom. The molecule has 2 aliphatic rings. The van der Waals surface area contributed by atoms with Crippen molar-refractivity contribution in [1.29, 1.82) is 0 Å². The molecule has 3 atom stereocenters. The van der Waals surface area contributed by atoms with Crippen LogP contribution in [0.5, 0.6) is 0 Å². The topological polar surface area (TPSA) is 119 Å². The van der Waals surface area contributed by atoms with Gasteiger partial charge in [-0.3, -0.25) is 19.2 Å². The lowest BCUT2D eigenvalue weighted by atomic mass is 9.72. The lowest BCUT2D eigenvalue weighted by Crippen LogP contribution is -2.58. The molecule has 266 valence electrons. The van der Waals surface area contributed by atoms with Gasteiger partial charge >= 0.3 is 18.3 Å². The van der Waals surface area contributed by atoms with Crippen molar-refractivity contribution in [2.75, 3.05) is 11.9 Å². The van der Waals surface area contributed by atoms with Gasteiger partial charge in [0.05, 0.1) is 16.6 Å². The summed E-state index contributed by atoms with van der Waals surface area (Å²) >= 11 is 0. The normalized spacial score (nSPS) is 19.2. The molecule has 52 heavy (non-hydrogen) atoms. The number of anilines is 1. The Bertz CT molecular complexity index is 2140. The first kappa shape index (κ1) is 34.4. The molecule has 0 spiro atoms. The monoisotopic (exact) mass is 700 g/mol. The third kappa shape index (κ3) is 6.01. The van der Waals surface area contributed by atoms with Crippen LogP contribution in [0.2, 0.25) is 0 Å². The zero-order valence-corrected chi connectivity index (χ0v) is 29.4. The van der Waals surface area contributed by atoms with E-state index in [1.807, 2.05) is 103 Å². The van der Waals surface area contributed by atoms with Crippen LogP contribution in [0, 0.1) is 0 Å². The lowest BCUT2D eigenvalue weighted by molar-refractivity contribution is -0.125. The van der Waals surface area contributed by atoms with E-state index in [0.29, 0.717) is 27.7 Å². The van der Waals surface area contributed by atoms with Gasteiger partial charge in [0.25, 0.3) is 0 Å². The number of rotatable bonds is 6. The van der Waals surface area contributed by atoms with Crippen LogP contribution in [0.4, 0.5) is 20.1 Å². The molecule has 7 rings (SSSR count). The summed E-state index contributed by atoms with van der Waals surface area (Å²) in [6.45, 7) is 5.27.